The van der Waals surface area contributed by atoms with Crippen LogP contribution in [0.5, 0.6) is 0 Å². The van der Waals surface area contributed by atoms with Crippen LogP contribution in [0.2, 0.25) is 0 Å². The Balaban J connectivity index is 2.20. The van der Waals surface area contributed by atoms with E-state index in [-0.39, 0.29) is 0 Å². The van der Waals surface area contributed by atoms with Crippen LogP contribution in [0, 0.1) is 6.92 Å². The SMILES string of the molecule is CCc1cncc(Cc2cncc(C)n2)n1. The van der Waals surface area contributed by atoms with Gasteiger partial charge in [-0.1, -0.05) is 6.92 Å². The summed E-state index contributed by atoms with van der Waals surface area (Å²) in [5, 5.41) is 0. The lowest BCUT2D eigenvalue weighted by Crippen LogP contribution is -2.00. The minimum absolute atomic E-state index is 0.690. The molecule has 0 aliphatic rings. The van der Waals surface area contributed by atoms with Gasteiger partial charge < -0.3 is 0 Å². The zero-order valence-corrected chi connectivity index (χ0v) is 9.51. The van der Waals surface area contributed by atoms with E-state index in [4.69, 9.17) is 0 Å². The summed E-state index contributed by atoms with van der Waals surface area (Å²) in [5.41, 5.74) is 3.82. The molecule has 2 rings (SSSR count). The number of aryl methyl sites for hydroxylation is 2. The molecule has 0 fully saturated rings. The molecule has 0 amide bonds. The van der Waals surface area contributed by atoms with Crippen molar-refractivity contribution in [2.45, 2.75) is 26.7 Å². The molecule has 2 aromatic heterocycles. The van der Waals surface area contributed by atoms with Gasteiger partial charge in [0.1, 0.15) is 0 Å². The van der Waals surface area contributed by atoms with Crippen molar-refractivity contribution in [1.29, 1.82) is 0 Å². The zero-order valence-electron chi connectivity index (χ0n) is 9.51. The van der Waals surface area contributed by atoms with E-state index < -0.39 is 0 Å². The number of hydrogen-bond donors (Lipinski definition) is 0. The maximum Gasteiger partial charge on any atom is 0.0650 e. The average Bonchev–Trinajstić information content (AvgIpc) is 2.29. The maximum atomic E-state index is 4.49. The van der Waals surface area contributed by atoms with Gasteiger partial charge in [0.2, 0.25) is 0 Å². The summed E-state index contributed by atoms with van der Waals surface area (Å²) in [6, 6.07) is 0. The second kappa shape index (κ2) is 4.79. The fourth-order valence-corrected chi connectivity index (χ4v) is 1.49. The Morgan fingerprint density at radius 2 is 1.50 bits per heavy atom. The lowest BCUT2D eigenvalue weighted by atomic mass is 10.2. The zero-order chi connectivity index (χ0) is 11.4. The first-order chi connectivity index (χ1) is 7.78. The molecule has 0 aliphatic carbocycles. The first-order valence-electron chi connectivity index (χ1n) is 5.35. The Kier molecular flexibility index (Phi) is 3.19. The summed E-state index contributed by atoms with van der Waals surface area (Å²) in [6.07, 6.45) is 8.69. The number of rotatable bonds is 3. The molecule has 0 unspecified atom stereocenters. The third-order valence-corrected chi connectivity index (χ3v) is 2.26. The molecular weight excluding hydrogens is 200 g/mol. The number of nitrogens with zero attached hydrogens (tertiary/aromatic N) is 4. The van der Waals surface area contributed by atoms with Crippen LogP contribution in [0.1, 0.15) is 29.7 Å². The highest BCUT2D eigenvalue weighted by Gasteiger charge is 2.01. The highest BCUT2D eigenvalue weighted by Crippen LogP contribution is 2.04. The predicted octanol–water partition coefficient (Wildman–Crippen LogP) is 1.73. The fourth-order valence-electron chi connectivity index (χ4n) is 1.49. The van der Waals surface area contributed by atoms with Crippen molar-refractivity contribution in [3.05, 3.63) is 47.6 Å². The average molecular weight is 214 g/mol. The highest BCUT2D eigenvalue weighted by atomic mass is 14.8. The monoisotopic (exact) mass is 214 g/mol. The standard InChI is InChI=1S/C12H14N4/c1-3-10-6-14-8-12(16-10)4-11-7-13-5-9(2)15-11/h5-8H,3-4H2,1-2H3. The first kappa shape index (κ1) is 10.7. The van der Waals surface area contributed by atoms with Gasteiger partial charge in [0.25, 0.3) is 0 Å². The van der Waals surface area contributed by atoms with Gasteiger partial charge in [0, 0.05) is 31.2 Å². The normalized spacial score (nSPS) is 10.4. The number of aromatic nitrogens is 4. The van der Waals surface area contributed by atoms with E-state index in [9.17, 15) is 0 Å². The quantitative estimate of drug-likeness (QED) is 0.780. The fraction of sp³-hybridized carbons (Fsp3) is 0.333. The van der Waals surface area contributed by atoms with Gasteiger partial charge in [-0.05, 0) is 13.3 Å². The van der Waals surface area contributed by atoms with Crippen LogP contribution in [0.3, 0.4) is 0 Å². The van der Waals surface area contributed by atoms with Crippen molar-refractivity contribution >= 4 is 0 Å². The maximum absolute atomic E-state index is 4.49. The van der Waals surface area contributed by atoms with Crippen molar-refractivity contribution in [2.24, 2.45) is 0 Å². The predicted molar refractivity (Wildman–Crippen MR) is 61.0 cm³/mol. The Bertz CT molecular complexity index is 482. The van der Waals surface area contributed by atoms with Gasteiger partial charge in [-0.3, -0.25) is 19.9 Å². The van der Waals surface area contributed by atoms with Crippen LogP contribution < -0.4 is 0 Å². The summed E-state index contributed by atoms with van der Waals surface area (Å²) in [7, 11) is 0. The molecule has 0 radical (unpaired) electrons. The van der Waals surface area contributed by atoms with Crippen LogP contribution in [0.4, 0.5) is 0 Å². The summed E-state index contributed by atoms with van der Waals surface area (Å²) < 4.78 is 0. The molecule has 0 bridgehead atoms. The van der Waals surface area contributed by atoms with Crippen molar-refractivity contribution in [1.82, 2.24) is 19.9 Å². The molecule has 0 saturated carbocycles. The molecule has 2 aromatic rings. The molecule has 0 atom stereocenters. The van der Waals surface area contributed by atoms with Crippen LogP contribution in [-0.4, -0.2) is 19.9 Å². The minimum atomic E-state index is 0.690. The van der Waals surface area contributed by atoms with E-state index in [1.807, 2.05) is 6.92 Å². The van der Waals surface area contributed by atoms with Crippen LogP contribution in [0.15, 0.2) is 24.8 Å². The summed E-state index contributed by atoms with van der Waals surface area (Å²) in [6.45, 7) is 4.00. The molecule has 0 spiro atoms. The third kappa shape index (κ3) is 2.59. The van der Waals surface area contributed by atoms with E-state index in [1.165, 1.54) is 0 Å². The van der Waals surface area contributed by atoms with E-state index in [1.54, 1.807) is 24.8 Å². The van der Waals surface area contributed by atoms with Gasteiger partial charge in [0.05, 0.1) is 22.8 Å². The Morgan fingerprint density at radius 1 is 0.875 bits per heavy atom. The van der Waals surface area contributed by atoms with Crippen LogP contribution in [-0.2, 0) is 12.8 Å². The smallest absolute Gasteiger partial charge is 0.0650 e. The molecule has 4 heteroatoms. The summed E-state index contributed by atoms with van der Waals surface area (Å²) in [5.74, 6) is 0. The Hall–Kier alpha value is -1.84. The van der Waals surface area contributed by atoms with Crippen molar-refractivity contribution in [3.63, 3.8) is 0 Å². The Morgan fingerprint density at radius 3 is 2.19 bits per heavy atom. The van der Waals surface area contributed by atoms with Crippen LogP contribution in [0.25, 0.3) is 0 Å². The van der Waals surface area contributed by atoms with Crippen LogP contribution >= 0.6 is 0 Å². The van der Waals surface area contributed by atoms with Crippen molar-refractivity contribution in [3.8, 4) is 0 Å². The third-order valence-electron chi connectivity index (χ3n) is 2.26. The van der Waals surface area contributed by atoms with Gasteiger partial charge in [-0.2, -0.15) is 0 Å². The first-order valence-corrected chi connectivity index (χ1v) is 5.35. The van der Waals surface area contributed by atoms with E-state index in [2.05, 4.69) is 26.9 Å². The van der Waals surface area contributed by atoms with E-state index in [0.717, 1.165) is 29.2 Å². The molecule has 0 saturated heterocycles. The molecule has 0 aromatic carbocycles. The molecule has 4 nitrogen and oxygen atoms in total. The van der Waals surface area contributed by atoms with Gasteiger partial charge in [-0.15, -0.1) is 0 Å². The van der Waals surface area contributed by atoms with Gasteiger partial charge in [0.15, 0.2) is 0 Å². The molecular formula is C12H14N4. The van der Waals surface area contributed by atoms with Crippen molar-refractivity contribution in [2.75, 3.05) is 0 Å². The topological polar surface area (TPSA) is 51.6 Å². The Labute approximate surface area is 94.8 Å². The van der Waals surface area contributed by atoms with E-state index in [0.29, 0.717) is 6.42 Å². The number of hydrogen-bond acceptors (Lipinski definition) is 4. The largest absolute Gasteiger partial charge is 0.261 e. The highest BCUT2D eigenvalue weighted by molar-refractivity contribution is 5.12. The minimum Gasteiger partial charge on any atom is -0.261 e. The molecule has 82 valence electrons. The second-order valence-electron chi connectivity index (χ2n) is 3.68. The molecule has 2 heterocycles. The van der Waals surface area contributed by atoms with Gasteiger partial charge >= 0.3 is 0 Å². The molecule has 0 aliphatic heterocycles. The van der Waals surface area contributed by atoms with Gasteiger partial charge in [-0.25, -0.2) is 0 Å². The summed E-state index contributed by atoms with van der Waals surface area (Å²) >= 11 is 0. The summed E-state index contributed by atoms with van der Waals surface area (Å²) in [4.78, 5) is 17.2. The molecule has 0 N–H and O–H groups in total. The molecule has 16 heavy (non-hydrogen) atoms. The van der Waals surface area contributed by atoms with E-state index >= 15 is 0 Å². The second-order valence-corrected chi connectivity index (χ2v) is 3.68. The lowest BCUT2D eigenvalue weighted by Gasteiger charge is -2.02. The van der Waals surface area contributed by atoms with Crippen molar-refractivity contribution < 1.29 is 0 Å². The lowest BCUT2D eigenvalue weighted by molar-refractivity contribution is 0.905.